The number of anilines is 3. The first-order chi connectivity index (χ1) is 31.7. The van der Waals surface area contributed by atoms with Crippen LogP contribution in [0.3, 0.4) is 0 Å². The van der Waals surface area contributed by atoms with E-state index in [0.717, 1.165) is 22.7 Å². The first-order valence-corrected chi connectivity index (χ1v) is 22.1. The van der Waals surface area contributed by atoms with Gasteiger partial charge in [0.25, 0.3) is 0 Å². The molecule has 0 saturated heterocycles. The molecule has 12 aromatic carbocycles. The van der Waals surface area contributed by atoms with Crippen LogP contribution >= 0.6 is 0 Å². The molecule has 0 aliphatic heterocycles. The molecule has 13 rings (SSSR count). The average molecular weight is 813 g/mol. The normalized spacial score (nSPS) is 11.8. The van der Waals surface area contributed by atoms with Crippen LogP contribution in [0.5, 0.6) is 0 Å². The van der Waals surface area contributed by atoms with Crippen LogP contribution in [0, 0.1) is 0 Å². The Kier molecular flexibility index (Phi) is 8.25. The lowest BCUT2D eigenvalue weighted by Gasteiger charge is -2.26. The van der Waals surface area contributed by atoms with Gasteiger partial charge >= 0.3 is 0 Å². The topological polar surface area (TPSA) is 8.17 Å². The molecule has 2 nitrogen and oxygen atoms in total. The molecule has 0 N–H and O–H groups in total. The minimum absolute atomic E-state index is 1.10. The Bertz CT molecular complexity index is 3940. The lowest BCUT2D eigenvalue weighted by atomic mass is 9.97. The van der Waals surface area contributed by atoms with E-state index in [9.17, 15) is 0 Å². The number of benzene rings is 12. The lowest BCUT2D eigenvalue weighted by molar-refractivity contribution is 1.19. The molecule has 0 bridgehead atoms. The van der Waals surface area contributed by atoms with Crippen molar-refractivity contribution in [2.45, 2.75) is 0 Å². The molecule has 0 unspecified atom stereocenters. The van der Waals surface area contributed by atoms with E-state index in [1.165, 1.54) is 97.9 Å². The lowest BCUT2D eigenvalue weighted by Crippen LogP contribution is -2.09. The molecule has 0 spiro atoms. The minimum Gasteiger partial charge on any atom is -0.310 e. The highest BCUT2D eigenvalue weighted by Gasteiger charge is 2.18. The van der Waals surface area contributed by atoms with Gasteiger partial charge in [-0.3, -0.25) is 0 Å². The maximum Gasteiger partial charge on any atom is 0.0619 e. The van der Waals surface area contributed by atoms with Gasteiger partial charge in [-0.2, -0.15) is 0 Å². The van der Waals surface area contributed by atoms with Crippen molar-refractivity contribution in [1.29, 1.82) is 0 Å². The number of para-hydroxylation sites is 1. The van der Waals surface area contributed by atoms with Crippen molar-refractivity contribution in [3.05, 3.63) is 243 Å². The van der Waals surface area contributed by atoms with Gasteiger partial charge in [0, 0.05) is 38.9 Å². The summed E-state index contributed by atoms with van der Waals surface area (Å²) in [5.41, 5.74) is 11.7. The number of fused-ring (bicyclic) bond motifs is 11. The van der Waals surface area contributed by atoms with Gasteiger partial charge in [-0.15, -0.1) is 0 Å². The summed E-state index contributed by atoms with van der Waals surface area (Å²) in [7, 11) is 0. The van der Waals surface area contributed by atoms with Gasteiger partial charge in [0.1, 0.15) is 0 Å². The molecule has 0 aliphatic rings. The summed E-state index contributed by atoms with van der Waals surface area (Å²) < 4.78 is 2.44. The first-order valence-electron chi connectivity index (χ1n) is 22.1. The van der Waals surface area contributed by atoms with Gasteiger partial charge in [0.05, 0.1) is 11.0 Å². The molecule has 0 radical (unpaired) electrons. The quantitative estimate of drug-likeness (QED) is 0.152. The SMILES string of the molecule is c1ccc(-n2c3cc(-c4ccc(N(c5ccc(-c6ccc7c(ccc8ccccc87)c6)cc5)c5ccc6c(ccc7ccccc76)c5)cc4)ccc3c3ccc4ccccc4c32)cc1. The highest BCUT2D eigenvalue weighted by Crippen LogP contribution is 2.42. The van der Waals surface area contributed by atoms with Crippen LogP contribution in [0.25, 0.3) is 104 Å². The zero-order valence-electron chi connectivity index (χ0n) is 35.0. The van der Waals surface area contributed by atoms with E-state index in [0.29, 0.717) is 0 Å². The monoisotopic (exact) mass is 812 g/mol. The summed E-state index contributed by atoms with van der Waals surface area (Å²) in [6.45, 7) is 0. The van der Waals surface area contributed by atoms with Crippen LogP contribution in [0.2, 0.25) is 0 Å². The molecule has 298 valence electrons. The molecule has 0 atom stereocenters. The van der Waals surface area contributed by atoms with E-state index in [1.54, 1.807) is 0 Å². The van der Waals surface area contributed by atoms with Gasteiger partial charge in [-0.1, -0.05) is 182 Å². The Labute approximate surface area is 371 Å². The number of rotatable bonds is 6. The third kappa shape index (κ3) is 5.88. The van der Waals surface area contributed by atoms with Crippen molar-refractivity contribution in [3.8, 4) is 27.9 Å². The van der Waals surface area contributed by atoms with E-state index in [4.69, 9.17) is 0 Å². The van der Waals surface area contributed by atoms with Crippen LogP contribution in [-0.2, 0) is 0 Å². The summed E-state index contributed by atoms with van der Waals surface area (Å²) in [6.07, 6.45) is 0. The fourth-order valence-electron chi connectivity index (χ4n) is 10.2. The molecule has 13 aromatic rings. The number of hydrogen-bond donors (Lipinski definition) is 0. The molecule has 1 heterocycles. The van der Waals surface area contributed by atoms with Crippen LogP contribution in [0.1, 0.15) is 0 Å². The van der Waals surface area contributed by atoms with Crippen molar-refractivity contribution < 1.29 is 0 Å². The van der Waals surface area contributed by atoms with Crippen molar-refractivity contribution in [2.75, 3.05) is 4.90 Å². The number of aromatic nitrogens is 1. The highest BCUT2D eigenvalue weighted by molar-refractivity contribution is 6.19. The Hall–Kier alpha value is -8.46. The largest absolute Gasteiger partial charge is 0.310 e. The van der Waals surface area contributed by atoms with Gasteiger partial charge in [-0.05, 0) is 131 Å². The second-order valence-electron chi connectivity index (χ2n) is 16.9. The van der Waals surface area contributed by atoms with Gasteiger partial charge < -0.3 is 9.47 Å². The summed E-state index contributed by atoms with van der Waals surface area (Å²) in [6, 6.07) is 89.1. The Morgan fingerprint density at radius 1 is 0.250 bits per heavy atom. The predicted octanol–water partition coefficient (Wildman–Crippen LogP) is 17.4. The van der Waals surface area contributed by atoms with E-state index in [-0.39, 0.29) is 0 Å². The van der Waals surface area contributed by atoms with Crippen LogP contribution in [0.4, 0.5) is 17.1 Å². The van der Waals surface area contributed by atoms with Crippen LogP contribution in [0.15, 0.2) is 243 Å². The van der Waals surface area contributed by atoms with Gasteiger partial charge in [0.15, 0.2) is 0 Å². The third-order valence-electron chi connectivity index (χ3n) is 13.3. The maximum atomic E-state index is 2.44. The number of hydrogen-bond acceptors (Lipinski definition) is 1. The zero-order valence-corrected chi connectivity index (χ0v) is 35.0. The van der Waals surface area contributed by atoms with Crippen molar-refractivity contribution in [2.24, 2.45) is 0 Å². The van der Waals surface area contributed by atoms with E-state index >= 15 is 0 Å². The summed E-state index contributed by atoms with van der Waals surface area (Å²) >= 11 is 0. The zero-order chi connectivity index (χ0) is 42.1. The van der Waals surface area contributed by atoms with Crippen molar-refractivity contribution in [1.82, 2.24) is 4.57 Å². The Balaban J connectivity index is 0.918. The minimum atomic E-state index is 1.10. The molecule has 0 fully saturated rings. The summed E-state index contributed by atoms with van der Waals surface area (Å²) in [5, 5.41) is 15.1. The van der Waals surface area contributed by atoms with E-state index in [1.807, 2.05) is 0 Å². The molecule has 1 aromatic heterocycles. The molecular weight excluding hydrogens is 773 g/mol. The summed E-state index contributed by atoms with van der Waals surface area (Å²) in [4.78, 5) is 2.39. The Morgan fingerprint density at radius 2 is 0.672 bits per heavy atom. The van der Waals surface area contributed by atoms with Crippen LogP contribution in [-0.4, -0.2) is 4.57 Å². The fraction of sp³-hybridized carbons (Fsp3) is 0. The fourth-order valence-corrected chi connectivity index (χ4v) is 10.2. The standard InChI is InChI=1S/C62H40N2/c1-2-13-50(14-3-1)64-61-40-47(28-35-59(61)60-36-26-45-12-6-9-17-58(45)62(60)64)42-24-31-52(32-25-42)63(53-33-37-57-49(39-53)21-19-44-11-5-8-16-55(44)57)51-29-22-41(23-30-51)46-27-34-56-48(38-46)20-18-43-10-4-7-15-54(43)56/h1-40H. The third-order valence-corrected chi connectivity index (χ3v) is 13.3. The molecule has 0 saturated carbocycles. The summed E-state index contributed by atoms with van der Waals surface area (Å²) in [5.74, 6) is 0. The molecule has 0 aliphatic carbocycles. The van der Waals surface area contributed by atoms with Crippen molar-refractivity contribution in [3.63, 3.8) is 0 Å². The first kappa shape index (κ1) is 36.2. The van der Waals surface area contributed by atoms with E-state index in [2.05, 4.69) is 252 Å². The second kappa shape index (κ2) is 14.6. The van der Waals surface area contributed by atoms with Gasteiger partial charge in [0.2, 0.25) is 0 Å². The molecule has 64 heavy (non-hydrogen) atoms. The highest BCUT2D eigenvalue weighted by atomic mass is 15.1. The predicted molar refractivity (Wildman–Crippen MR) is 274 cm³/mol. The van der Waals surface area contributed by atoms with Crippen LogP contribution < -0.4 is 4.90 Å². The smallest absolute Gasteiger partial charge is 0.0619 e. The number of nitrogens with zero attached hydrogens (tertiary/aromatic N) is 2. The van der Waals surface area contributed by atoms with E-state index < -0.39 is 0 Å². The van der Waals surface area contributed by atoms with Gasteiger partial charge in [-0.25, -0.2) is 0 Å². The average Bonchev–Trinajstić information content (AvgIpc) is 3.71. The van der Waals surface area contributed by atoms with Crippen molar-refractivity contribution >= 4 is 92.7 Å². The molecular formula is C62H40N2. The Morgan fingerprint density at radius 3 is 1.31 bits per heavy atom. The molecule has 0 amide bonds. The second-order valence-corrected chi connectivity index (χ2v) is 16.9. The molecule has 2 heteroatoms. The maximum absolute atomic E-state index is 2.44.